The number of pyridine rings is 1. The summed E-state index contributed by atoms with van der Waals surface area (Å²) < 4.78 is 4.34. The van der Waals surface area contributed by atoms with E-state index in [2.05, 4.69) is 24.7 Å². The van der Waals surface area contributed by atoms with Gasteiger partial charge in [-0.1, -0.05) is 6.08 Å². The van der Waals surface area contributed by atoms with Crippen molar-refractivity contribution in [3.8, 4) is 11.5 Å². The quantitative estimate of drug-likeness (QED) is 0.117. The molecule has 0 fully saturated rings. The molecule has 3 aliphatic rings. The van der Waals surface area contributed by atoms with Crippen LogP contribution in [0.5, 0.6) is 0 Å². The SMILES string of the molecule is C1=CNSC=C1.Cc1cc2nc3c(=O)[nH]c(=O)nc-3n(C[C@H](O)[C@H](O)[C@H](O)CO)c2cc1C.O=C(O)c1cccnc1. The van der Waals surface area contributed by atoms with Crippen molar-refractivity contribution in [2.24, 2.45) is 0 Å². The Morgan fingerprint density at radius 3 is 2.33 bits per heavy atom. The fraction of sp³-hybridized carbons (Fsp3) is 0.259. The largest absolute Gasteiger partial charge is 0.478 e. The van der Waals surface area contributed by atoms with E-state index in [0.717, 1.165) is 11.1 Å². The first kappa shape index (κ1) is 32.1. The predicted molar refractivity (Wildman–Crippen MR) is 156 cm³/mol. The van der Waals surface area contributed by atoms with Crippen LogP contribution in [0.15, 0.2) is 70.0 Å². The summed E-state index contributed by atoms with van der Waals surface area (Å²) in [6, 6.07) is 6.61. The Balaban J connectivity index is 0.000000261. The lowest BCUT2D eigenvalue weighted by Gasteiger charge is -2.25. The van der Waals surface area contributed by atoms with E-state index in [1.165, 1.54) is 23.0 Å². The van der Waals surface area contributed by atoms with Crippen LogP contribution in [0.25, 0.3) is 22.6 Å². The maximum atomic E-state index is 12.2. The van der Waals surface area contributed by atoms with Gasteiger partial charge in [0.05, 0.1) is 29.7 Å². The molecule has 0 saturated heterocycles. The van der Waals surface area contributed by atoms with Crippen molar-refractivity contribution in [1.29, 1.82) is 0 Å². The second-order valence-corrected chi connectivity index (χ2v) is 9.71. The lowest BCUT2D eigenvalue weighted by atomic mass is 10.1. The smallest absolute Gasteiger partial charge is 0.349 e. The maximum absolute atomic E-state index is 12.2. The van der Waals surface area contributed by atoms with E-state index >= 15 is 0 Å². The number of aliphatic hydroxyl groups excluding tert-OH is 4. The number of aromatic amines is 1. The van der Waals surface area contributed by atoms with E-state index in [9.17, 15) is 29.7 Å². The molecule has 15 heteroatoms. The van der Waals surface area contributed by atoms with Crippen molar-refractivity contribution in [3.63, 3.8) is 0 Å². The molecule has 42 heavy (non-hydrogen) atoms. The highest BCUT2D eigenvalue weighted by atomic mass is 32.2. The molecule has 0 spiro atoms. The predicted octanol–water partition coefficient (Wildman–Crippen LogP) is 0.321. The Labute approximate surface area is 243 Å². The fourth-order valence-corrected chi connectivity index (χ4v) is 4.05. The van der Waals surface area contributed by atoms with Crippen LogP contribution in [-0.2, 0) is 6.54 Å². The molecule has 3 aliphatic heterocycles. The number of carbonyl (C=O) groups is 1. The zero-order chi connectivity index (χ0) is 30.8. The normalized spacial score (nSPS) is 14.1. The zero-order valence-corrected chi connectivity index (χ0v) is 23.4. The first-order valence-electron chi connectivity index (χ1n) is 12.5. The minimum atomic E-state index is -1.64. The van der Waals surface area contributed by atoms with Crippen LogP contribution in [-0.4, -0.2) is 80.9 Å². The highest BCUT2D eigenvalue weighted by Gasteiger charge is 2.27. The lowest BCUT2D eigenvalue weighted by Crippen LogP contribution is -2.42. The third-order valence-electron chi connectivity index (χ3n) is 5.97. The third-order valence-corrected chi connectivity index (χ3v) is 6.53. The number of aromatic carboxylic acids is 1. The Hall–Kier alpha value is -4.41. The van der Waals surface area contributed by atoms with Gasteiger partial charge in [-0.05, 0) is 72.7 Å². The van der Waals surface area contributed by atoms with Gasteiger partial charge in [0.15, 0.2) is 11.5 Å². The van der Waals surface area contributed by atoms with Crippen LogP contribution in [0.4, 0.5) is 0 Å². The average Bonchev–Trinajstić information content (AvgIpc) is 2.99. The molecule has 5 rings (SSSR count). The zero-order valence-electron chi connectivity index (χ0n) is 22.6. The van der Waals surface area contributed by atoms with Crippen LogP contribution in [0.1, 0.15) is 21.5 Å². The molecule has 7 N–H and O–H groups in total. The Kier molecular flexibility index (Phi) is 11.5. The van der Waals surface area contributed by atoms with Crippen molar-refractivity contribution in [1.82, 2.24) is 29.2 Å². The van der Waals surface area contributed by atoms with E-state index in [1.807, 2.05) is 37.6 Å². The molecule has 0 bridgehead atoms. The summed E-state index contributed by atoms with van der Waals surface area (Å²) >= 11 is 1.58. The highest BCUT2D eigenvalue weighted by molar-refractivity contribution is 8.00. The van der Waals surface area contributed by atoms with Crippen LogP contribution in [0.3, 0.4) is 0 Å². The highest BCUT2D eigenvalue weighted by Crippen LogP contribution is 2.24. The minimum absolute atomic E-state index is 0.0516. The molecule has 0 amide bonds. The number of benzene rings is 1. The Morgan fingerprint density at radius 1 is 1.07 bits per heavy atom. The molecule has 3 atom stereocenters. The van der Waals surface area contributed by atoms with Gasteiger partial charge in [0.2, 0.25) is 0 Å². The van der Waals surface area contributed by atoms with Gasteiger partial charge in [-0.3, -0.25) is 14.8 Å². The number of aliphatic hydroxyl groups is 4. The number of aromatic nitrogens is 5. The van der Waals surface area contributed by atoms with Crippen LogP contribution in [0.2, 0.25) is 0 Å². The monoisotopic (exact) mass is 598 g/mol. The molecule has 0 unspecified atom stereocenters. The van der Waals surface area contributed by atoms with Crippen molar-refractivity contribution < 1.29 is 30.3 Å². The van der Waals surface area contributed by atoms with E-state index in [0.29, 0.717) is 11.0 Å². The van der Waals surface area contributed by atoms with Crippen LogP contribution >= 0.6 is 11.9 Å². The number of allylic oxidation sites excluding steroid dienone is 2. The molecule has 222 valence electrons. The molecule has 2 aromatic rings. The van der Waals surface area contributed by atoms with Crippen molar-refractivity contribution in [2.75, 3.05) is 6.61 Å². The fourth-order valence-electron chi connectivity index (χ4n) is 3.64. The standard InChI is InChI=1S/C17H20N4O6.C6H5NO2.C4H5NS/c1-7-3-9-10(4-8(7)2)21(5-11(23)14(25)12(24)6-22)15-13(18-9)16(26)20-17(27)19-15;8-6(9)5-2-1-3-7-4-5;1-2-4-6-5-3-1/h3-4,11-12,14,22-25H,5-6H2,1-2H3,(H,20,26,27);1-4H,(H,8,9);1-5H/t11-,12+,14-;;/m0../s1. The van der Waals surface area contributed by atoms with Gasteiger partial charge in [-0.2, -0.15) is 4.98 Å². The molecule has 0 aliphatic carbocycles. The number of carboxylic acids is 1. The van der Waals surface area contributed by atoms with Crippen LogP contribution in [0, 0.1) is 13.8 Å². The molecular formula is C27H30N6O8S. The second kappa shape index (κ2) is 15.0. The van der Waals surface area contributed by atoms with E-state index in [1.54, 1.807) is 30.1 Å². The molecule has 4 heterocycles. The van der Waals surface area contributed by atoms with Gasteiger partial charge < -0.3 is 34.8 Å². The molecule has 1 aromatic carbocycles. The number of aryl methyl sites for hydroxylation is 2. The third kappa shape index (κ3) is 8.31. The van der Waals surface area contributed by atoms with Crippen molar-refractivity contribution in [3.05, 3.63) is 97.9 Å². The van der Waals surface area contributed by atoms with Gasteiger partial charge in [0, 0.05) is 18.6 Å². The lowest BCUT2D eigenvalue weighted by molar-refractivity contribution is -0.0802. The molecule has 0 radical (unpaired) electrons. The number of hydrogen-bond donors (Lipinski definition) is 7. The average molecular weight is 599 g/mol. The number of rotatable bonds is 6. The van der Waals surface area contributed by atoms with Crippen molar-refractivity contribution in [2.45, 2.75) is 38.7 Å². The number of hydrogen-bond acceptors (Lipinski definition) is 12. The summed E-state index contributed by atoms with van der Waals surface area (Å²) in [6.07, 6.45) is 4.00. The van der Waals surface area contributed by atoms with Gasteiger partial charge in [-0.25, -0.2) is 14.6 Å². The Morgan fingerprint density at radius 2 is 1.81 bits per heavy atom. The first-order valence-corrected chi connectivity index (χ1v) is 13.3. The van der Waals surface area contributed by atoms with E-state index in [4.69, 9.17) is 10.2 Å². The summed E-state index contributed by atoms with van der Waals surface area (Å²) in [7, 11) is 0. The van der Waals surface area contributed by atoms with Gasteiger partial charge in [0.25, 0.3) is 5.56 Å². The van der Waals surface area contributed by atoms with Gasteiger partial charge >= 0.3 is 11.7 Å². The summed E-state index contributed by atoms with van der Waals surface area (Å²) in [6.45, 7) is 2.73. The molecule has 0 saturated carbocycles. The first-order chi connectivity index (χ1) is 20.0. The maximum Gasteiger partial charge on any atom is 0.349 e. The molecule has 1 aromatic heterocycles. The van der Waals surface area contributed by atoms with Gasteiger partial charge in [0.1, 0.15) is 18.3 Å². The topological polar surface area (TPSA) is 224 Å². The summed E-state index contributed by atoms with van der Waals surface area (Å²) in [5, 5.41) is 49.1. The summed E-state index contributed by atoms with van der Waals surface area (Å²) in [5.41, 5.74) is 1.33. The molecule has 14 nitrogen and oxygen atoms in total. The van der Waals surface area contributed by atoms with Gasteiger partial charge in [-0.15, -0.1) is 0 Å². The number of H-pyrrole nitrogens is 1. The minimum Gasteiger partial charge on any atom is -0.478 e. The second-order valence-electron chi connectivity index (χ2n) is 8.97. The van der Waals surface area contributed by atoms with E-state index in [-0.39, 0.29) is 23.6 Å². The van der Waals surface area contributed by atoms with Crippen molar-refractivity contribution >= 4 is 29.0 Å². The summed E-state index contributed by atoms with van der Waals surface area (Å²) in [4.78, 5) is 47.8. The van der Waals surface area contributed by atoms with Crippen LogP contribution < -0.4 is 16.0 Å². The van der Waals surface area contributed by atoms with E-state index < -0.39 is 42.1 Å². The number of nitrogens with one attached hydrogen (secondary N) is 2. The number of carboxylic acid groups (broad SMARTS) is 1. The Bertz CT molecular complexity index is 1640. The number of fused-ring (bicyclic) bond motifs is 2. The number of nitrogens with zero attached hydrogens (tertiary/aromatic N) is 4. The summed E-state index contributed by atoms with van der Waals surface area (Å²) in [5.74, 6) is -0.993. The molecular weight excluding hydrogens is 568 g/mol.